The minimum atomic E-state index is -0.168. The van der Waals surface area contributed by atoms with Crippen LogP contribution in [-0.4, -0.2) is 37.6 Å². The molecule has 2 nitrogen and oxygen atoms in total. The molecule has 0 atom stereocenters. The van der Waals surface area contributed by atoms with Crippen LogP contribution in [-0.2, 0) is 6.42 Å². The van der Waals surface area contributed by atoms with Crippen LogP contribution < -0.4 is 5.32 Å². The molecule has 17 heavy (non-hydrogen) atoms. The largest absolute Gasteiger partial charge is 0.314 e. The third-order valence-electron chi connectivity index (χ3n) is 3.01. The van der Waals surface area contributed by atoms with Crippen LogP contribution in [0.1, 0.15) is 5.56 Å². The lowest BCUT2D eigenvalue weighted by molar-refractivity contribution is 0.264. The van der Waals surface area contributed by atoms with Crippen molar-refractivity contribution in [2.75, 3.05) is 32.7 Å². The van der Waals surface area contributed by atoms with Gasteiger partial charge in [0, 0.05) is 32.7 Å². The molecule has 0 radical (unpaired) electrons. The van der Waals surface area contributed by atoms with Crippen molar-refractivity contribution in [3.8, 4) is 0 Å². The van der Waals surface area contributed by atoms with E-state index in [-0.39, 0.29) is 5.82 Å². The zero-order chi connectivity index (χ0) is 11.9. The molecular weight excluding hydrogens is 215 g/mol. The maximum Gasteiger partial charge on any atom is 0.123 e. The fourth-order valence-electron chi connectivity index (χ4n) is 1.96. The van der Waals surface area contributed by atoms with Gasteiger partial charge in [-0.25, -0.2) is 4.39 Å². The van der Waals surface area contributed by atoms with Crippen molar-refractivity contribution in [3.05, 3.63) is 47.8 Å². The van der Waals surface area contributed by atoms with Gasteiger partial charge in [-0.15, -0.1) is 0 Å². The monoisotopic (exact) mass is 234 g/mol. The highest BCUT2D eigenvalue weighted by molar-refractivity contribution is 5.18. The first kappa shape index (κ1) is 12.3. The first-order valence-electron chi connectivity index (χ1n) is 6.17. The van der Waals surface area contributed by atoms with Crippen LogP contribution >= 0.6 is 0 Å². The molecular formula is C14H19FN2. The second-order valence-corrected chi connectivity index (χ2v) is 4.35. The lowest BCUT2D eigenvalue weighted by Gasteiger charge is -2.25. The van der Waals surface area contributed by atoms with Crippen LogP contribution in [0.4, 0.5) is 4.39 Å². The van der Waals surface area contributed by atoms with Gasteiger partial charge in [-0.1, -0.05) is 24.3 Å². The Hall–Kier alpha value is -1.19. The Morgan fingerprint density at radius 2 is 1.82 bits per heavy atom. The molecule has 92 valence electrons. The molecule has 1 heterocycles. The molecule has 0 unspecified atom stereocenters. The summed E-state index contributed by atoms with van der Waals surface area (Å²) in [4.78, 5) is 2.43. The molecule has 1 saturated heterocycles. The molecule has 0 spiro atoms. The number of piperazine rings is 1. The molecule has 0 bridgehead atoms. The third-order valence-corrected chi connectivity index (χ3v) is 3.01. The van der Waals surface area contributed by atoms with E-state index in [0.29, 0.717) is 0 Å². The minimum absolute atomic E-state index is 0.168. The Morgan fingerprint density at radius 3 is 2.53 bits per heavy atom. The number of rotatable bonds is 4. The Balaban J connectivity index is 1.72. The van der Waals surface area contributed by atoms with Crippen molar-refractivity contribution in [1.82, 2.24) is 10.2 Å². The maximum absolute atomic E-state index is 12.7. The van der Waals surface area contributed by atoms with Crippen LogP contribution in [0.2, 0.25) is 0 Å². The van der Waals surface area contributed by atoms with Crippen molar-refractivity contribution in [3.63, 3.8) is 0 Å². The molecule has 1 aliphatic heterocycles. The molecule has 0 aliphatic carbocycles. The average Bonchev–Trinajstić information content (AvgIpc) is 2.38. The minimum Gasteiger partial charge on any atom is -0.314 e. The Morgan fingerprint density at radius 1 is 1.12 bits per heavy atom. The van der Waals surface area contributed by atoms with Crippen LogP contribution in [0.5, 0.6) is 0 Å². The summed E-state index contributed by atoms with van der Waals surface area (Å²) in [5.41, 5.74) is 1.16. The van der Waals surface area contributed by atoms with Crippen LogP contribution in [0.25, 0.3) is 0 Å². The molecule has 0 aromatic heterocycles. The predicted octanol–water partition coefficient (Wildman–Crippen LogP) is 1.83. The summed E-state index contributed by atoms with van der Waals surface area (Å²) in [5, 5.41) is 3.33. The van der Waals surface area contributed by atoms with Gasteiger partial charge in [0.25, 0.3) is 0 Å². The standard InChI is InChI=1S/C14H19FN2/c15-14-6-4-13(5-7-14)3-1-2-10-17-11-8-16-9-12-17/h1-2,4-7,16H,3,8-12H2/b2-1-. The SMILES string of the molecule is Fc1ccc(C/C=C\CN2CCNCC2)cc1. The van der Waals surface area contributed by atoms with Gasteiger partial charge in [0.1, 0.15) is 5.82 Å². The second-order valence-electron chi connectivity index (χ2n) is 4.35. The summed E-state index contributed by atoms with van der Waals surface area (Å²) in [6.07, 6.45) is 5.25. The zero-order valence-corrected chi connectivity index (χ0v) is 10.0. The molecule has 0 amide bonds. The molecule has 1 aromatic carbocycles. The van der Waals surface area contributed by atoms with E-state index in [4.69, 9.17) is 0 Å². The van der Waals surface area contributed by atoms with E-state index in [1.54, 1.807) is 0 Å². The summed E-state index contributed by atoms with van der Waals surface area (Å²) in [7, 11) is 0. The highest BCUT2D eigenvalue weighted by Crippen LogP contribution is 2.04. The molecule has 1 aliphatic rings. The van der Waals surface area contributed by atoms with Gasteiger partial charge < -0.3 is 5.32 Å². The quantitative estimate of drug-likeness (QED) is 0.800. The number of hydrogen-bond donors (Lipinski definition) is 1. The fourth-order valence-corrected chi connectivity index (χ4v) is 1.96. The van der Waals surface area contributed by atoms with E-state index < -0.39 is 0 Å². The fraction of sp³-hybridized carbons (Fsp3) is 0.429. The number of hydrogen-bond acceptors (Lipinski definition) is 2. The second kappa shape index (κ2) is 6.52. The van der Waals surface area contributed by atoms with Gasteiger partial charge >= 0.3 is 0 Å². The van der Waals surface area contributed by atoms with Gasteiger partial charge in [-0.05, 0) is 24.1 Å². The van der Waals surface area contributed by atoms with Crippen molar-refractivity contribution in [1.29, 1.82) is 0 Å². The smallest absolute Gasteiger partial charge is 0.123 e. The number of nitrogens with one attached hydrogen (secondary N) is 1. The summed E-state index contributed by atoms with van der Waals surface area (Å²) in [6.45, 7) is 5.45. The van der Waals surface area contributed by atoms with Gasteiger partial charge in [0.05, 0.1) is 0 Å². The van der Waals surface area contributed by atoms with Gasteiger partial charge in [0.15, 0.2) is 0 Å². The molecule has 0 saturated carbocycles. The molecule has 1 N–H and O–H groups in total. The van der Waals surface area contributed by atoms with E-state index in [2.05, 4.69) is 22.4 Å². The van der Waals surface area contributed by atoms with Crippen LogP contribution in [0, 0.1) is 5.82 Å². The predicted molar refractivity (Wildman–Crippen MR) is 68.6 cm³/mol. The normalized spacial score (nSPS) is 17.7. The molecule has 3 heteroatoms. The maximum atomic E-state index is 12.7. The molecule has 1 fully saturated rings. The van der Waals surface area contributed by atoms with Crippen LogP contribution in [0.3, 0.4) is 0 Å². The van der Waals surface area contributed by atoms with Gasteiger partial charge in [-0.3, -0.25) is 4.90 Å². The topological polar surface area (TPSA) is 15.3 Å². The van der Waals surface area contributed by atoms with Gasteiger partial charge in [0.2, 0.25) is 0 Å². The van der Waals surface area contributed by atoms with E-state index in [9.17, 15) is 4.39 Å². The van der Waals surface area contributed by atoms with E-state index in [0.717, 1.165) is 44.7 Å². The number of benzene rings is 1. The van der Waals surface area contributed by atoms with Crippen molar-refractivity contribution < 1.29 is 4.39 Å². The number of allylic oxidation sites excluding steroid dienone is 1. The number of nitrogens with zero attached hydrogens (tertiary/aromatic N) is 1. The Labute approximate surface area is 102 Å². The summed E-state index contributed by atoms with van der Waals surface area (Å²) >= 11 is 0. The first-order chi connectivity index (χ1) is 8.34. The van der Waals surface area contributed by atoms with Crippen molar-refractivity contribution in [2.45, 2.75) is 6.42 Å². The van der Waals surface area contributed by atoms with E-state index in [1.165, 1.54) is 12.1 Å². The van der Waals surface area contributed by atoms with Crippen LogP contribution in [0.15, 0.2) is 36.4 Å². The van der Waals surface area contributed by atoms with Crippen molar-refractivity contribution in [2.24, 2.45) is 0 Å². The lowest BCUT2D eigenvalue weighted by Crippen LogP contribution is -2.43. The highest BCUT2D eigenvalue weighted by atomic mass is 19.1. The zero-order valence-electron chi connectivity index (χ0n) is 10.0. The Kier molecular flexibility index (Phi) is 4.71. The van der Waals surface area contributed by atoms with Crippen molar-refractivity contribution >= 4 is 0 Å². The lowest BCUT2D eigenvalue weighted by atomic mass is 10.1. The highest BCUT2D eigenvalue weighted by Gasteiger charge is 2.06. The summed E-state index contributed by atoms with van der Waals surface area (Å²) in [5.74, 6) is -0.168. The molecule has 1 aromatic rings. The van der Waals surface area contributed by atoms with E-state index in [1.807, 2.05) is 12.1 Å². The average molecular weight is 234 g/mol. The third kappa shape index (κ3) is 4.29. The molecule has 2 rings (SSSR count). The first-order valence-corrected chi connectivity index (χ1v) is 6.17. The summed E-state index contributed by atoms with van der Waals surface area (Å²) in [6, 6.07) is 6.70. The van der Waals surface area contributed by atoms with E-state index >= 15 is 0 Å². The number of halogens is 1. The Bertz CT molecular complexity index is 353. The van der Waals surface area contributed by atoms with Gasteiger partial charge in [-0.2, -0.15) is 0 Å². The summed E-state index contributed by atoms with van der Waals surface area (Å²) < 4.78 is 12.7.